The fraction of sp³-hybridized carbons (Fsp3) is 0.542. The Balaban J connectivity index is 2.01. The molecule has 4 N–H and O–H groups in total. The van der Waals surface area contributed by atoms with E-state index in [9.17, 15) is 18.9 Å². The number of carbonyl (C=O) groups excluding carboxylic acids is 3. The molecule has 0 spiro atoms. The minimum atomic E-state index is -0.549. The maximum Gasteiger partial charge on any atom is 0.243 e. The molecular weight excluding hydrogens is 425 g/mol. The van der Waals surface area contributed by atoms with Gasteiger partial charge in [-0.3, -0.25) is 9.59 Å². The van der Waals surface area contributed by atoms with E-state index in [1.807, 2.05) is 44.0 Å². The van der Waals surface area contributed by atoms with Crippen LogP contribution >= 0.6 is 0 Å². The highest BCUT2D eigenvalue weighted by Crippen LogP contribution is 2.35. The zero-order valence-corrected chi connectivity index (χ0v) is 19.9. The maximum atomic E-state index is 12.9. The number of aryl methyl sites for hydroxylation is 1. The van der Waals surface area contributed by atoms with Crippen LogP contribution in [-0.2, 0) is 27.2 Å². The Morgan fingerprint density at radius 2 is 2.12 bits per heavy atom. The molecule has 0 saturated carbocycles. The number of halogens is 1. The highest BCUT2D eigenvalue weighted by molar-refractivity contribution is 5.89. The lowest BCUT2D eigenvalue weighted by Crippen LogP contribution is -2.44. The third kappa shape index (κ3) is 7.47. The van der Waals surface area contributed by atoms with Crippen LogP contribution in [0, 0.1) is 5.92 Å². The van der Waals surface area contributed by atoms with Crippen LogP contribution < -0.4 is 21.3 Å². The number of anilines is 1. The van der Waals surface area contributed by atoms with Crippen molar-refractivity contribution >= 4 is 23.8 Å². The van der Waals surface area contributed by atoms with Gasteiger partial charge in [0.05, 0.1) is 18.8 Å². The molecule has 2 amide bonds. The van der Waals surface area contributed by atoms with E-state index in [-0.39, 0.29) is 30.0 Å². The topological polar surface area (TPSA) is 108 Å². The molecule has 1 heterocycles. The van der Waals surface area contributed by atoms with Crippen LogP contribution in [0.2, 0.25) is 0 Å². The van der Waals surface area contributed by atoms with Crippen LogP contribution in [0.25, 0.3) is 0 Å². The van der Waals surface area contributed by atoms with Crippen LogP contribution in [0.3, 0.4) is 0 Å². The average Bonchev–Trinajstić information content (AvgIpc) is 3.11. The number of nitrogens with zero attached hydrogens (tertiary/aromatic N) is 2. The van der Waals surface area contributed by atoms with Crippen molar-refractivity contribution in [1.29, 1.82) is 0 Å². The maximum absolute atomic E-state index is 12.9. The van der Waals surface area contributed by atoms with E-state index >= 15 is 0 Å². The van der Waals surface area contributed by atoms with Gasteiger partial charge in [-0.05, 0) is 29.9 Å². The molecule has 0 bridgehead atoms. The highest BCUT2D eigenvalue weighted by atomic mass is 19.2. The number of rotatable bonds is 12. The first-order valence-electron chi connectivity index (χ1n) is 11.4. The predicted octanol–water partition coefficient (Wildman–Crippen LogP) is 1.83. The number of fused-ring (bicyclic) bond motifs is 1. The zero-order valence-electron chi connectivity index (χ0n) is 19.9. The van der Waals surface area contributed by atoms with E-state index in [0.717, 1.165) is 35.7 Å². The number of carbonyl (C=O) groups is 3. The van der Waals surface area contributed by atoms with Gasteiger partial charge in [0, 0.05) is 38.3 Å². The van der Waals surface area contributed by atoms with Crippen molar-refractivity contribution in [3.05, 3.63) is 41.2 Å². The van der Waals surface area contributed by atoms with Crippen molar-refractivity contribution in [2.75, 3.05) is 25.5 Å². The number of benzene rings is 1. The van der Waals surface area contributed by atoms with Gasteiger partial charge in [-0.1, -0.05) is 38.5 Å². The summed E-state index contributed by atoms with van der Waals surface area (Å²) in [5, 5.41) is 5.91. The third-order valence-electron chi connectivity index (χ3n) is 6.02. The Labute approximate surface area is 195 Å². The first-order chi connectivity index (χ1) is 15.7. The van der Waals surface area contributed by atoms with E-state index in [1.54, 1.807) is 0 Å². The number of nitrogens with one attached hydrogen (secondary N) is 2. The van der Waals surface area contributed by atoms with Gasteiger partial charge in [0.1, 0.15) is 12.3 Å². The number of hydrogen-bond acceptors (Lipinski definition) is 6. The molecule has 9 heteroatoms. The number of hydrogen-bond donors (Lipinski definition) is 3. The second kappa shape index (κ2) is 12.2. The summed E-state index contributed by atoms with van der Waals surface area (Å²) in [6.07, 6.45) is 4.82. The number of likely N-dealkylation sites (N-methyl/N-ethyl adjacent to an activating group) is 1. The van der Waals surface area contributed by atoms with Crippen molar-refractivity contribution in [1.82, 2.24) is 15.8 Å². The average molecular weight is 462 g/mol. The Kier molecular flexibility index (Phi) is 9.69. The van der Waals surface area contributed by atoms with E-state index in [0.29, 0.717) is 30.8 Å². The summed E-state index contributed by atoms with van der Waals surface area (Å²) >= 11 is 0. The number of aldehydes is 1. The van der Waals surface area contributed by atoms with Gasteiger partial charge in [0.25, 0.3) is 0 Å². The van der Waals surface area contributed by atoms with Crippen molar-refractivity contribution in [3.63, 3.8) is 0 Å². The zero-order chi connectivity index (χ0) is 24.5. The first kappa shape index (κ1) is 26.2. The van der Waals surface area contributed by atoms with Crippen LogP contribution in [0.15, 0.2) is 30.1 Å². The number of nitrogens with two attached hydrogens (primary N) is 1. The molecule has 2 rings (SSSR count). The Hall–Kier alpha value is -3.10. The number of amides is 2. The summed E-state index contributed by atoms with van der Waals surface area (Å²) in [5.41, 5.74) is 8.96. The lowest BCUT2D eigenvalue weighted by Gasteiger charge is -2.24. The molecule has 0 radical (unpaired) electrons. The van der Waals surface area contributed by atoms with Crippen molar-refractivity contribution < 1.29 is 18.9 Å². The van der Waals surface area contributed by atoms with E-state index in [2.05, 4.69) is 10.6 Å². The fourth-order valence-electron chi connectivity index (χ4n) is 4.03. The Morgan fingerprint density at radius 3 is 2.76 bits per heavy atom. The van der Waals surface area contributed by atoms with Crippen LogP contribution in [0.5, 0.6) is 0 Å². The van der Waals surface area contributed by atoms with Gasteiger partial charge in [-0.15, -0.1) is 4.48 Å². The van der Waals surface area contributed by atoms with Crippen LogP contribution in [-0.4, -0.2) is 55.9 Å². The van der Waals surface area contributed by atoms with Crippen LogP contribution in [0.1, 0.15) is 44.2 Å². The summed E-state index contributed by atoms with van der Waals surface area (Å²) < 4.78 is 12.9. The van der Waals surface area contributed by atoms with E-state index < -0.39 is 12.1 Å². The highest BCUT2D eigenvalue weighted by Gasteiger charge is 2.33. The number of para-hydroxylation sites is 1. The quantitative estimate of drug-likeness (QED) is 0.324. The molecule has 0 aromatic heterocycles. The largest absolute Gasteiger partial charge is 0.399 e. The van der Waals surface area contributed by atoms with Gasteiger partial charge in [0.2, 0.25) is 11.8 Å². The molecule has 0 unspecified atom stereocenters. The summed E-state index contributed by atoms with van der Waals surface area (Å²) in [4.78, 5) is 38.4. The third-order valence-corrected chi connectivity index (χ3v) is 6.02. The molecule has 1 aromatic rings. The Bertz CT molecular complexity index is 874. The second-order valence-corrected chi connectivity index (χ2v) is 8.77. The van der Waals surface area contributed by atoms with Crippen molar-refractivity contribution in [2.45, 2.75) is 58.0 Å². The molecule has 0 saturated heterocycles. The van der Waals surface area contributed by atoms with E-state index in [4.69, 9.17) is 5.73 Å². The standard InChI is InChI=1S/C24H36FN5O3/c1-5-16(2)11-22(32)28-20(15-31)10-9-17-7-6-8-18-12-21(30(4)23(17)18)24(33)27-13-19(26)14-29(3)25/h6-8,14-16,20-21H,5,9-13,26H2,1-4H3,(H,27,33)(H,28,32)/b19-14+/t16-,20-,21-/m0/s1. The molecule has 1 aliphatic heterocycles. The fourth-order valence-corrected chi connectivity index (χ4v) is 4.03. The van der Waals surface area contributed by atoms with Gasteiger partial charge in [-0.25, -0.2) is 5.12 Å². The second-order valence-electron chi connectivity index (χ2n) is 8.77. The van der Waals surface area contributed by atoms with Gasteiger partial charge >= 0.3 is 0 Å². The van der Waals surface area contributed by atoms with Gasteiger partial charge < -0.3 is 26.1 Å². The molecule has 182 valence electrons. The van der Waals surface area contributed by atoms with Crippen molar-refractivity contribution in [3.8, 4) is 0 Å². The molecule has 0 fully saturated rings. The molecule has 1 aromatic carbocycles. The van der Waals surface area contributed by atoms with E-state index in [1.165, 1.54) is 7.05 Å². The lowest BCUT2D eigenvalue weighted by molar-refractivity contribution is -0.124. The SMILES string of the molecule is CC[C@H](C)CC(=O)N[C@H](C=O)CCc1cccc2c1N(C)[C@H](C(=O)NC/C(N)=C\N(C)F)C2. The molecule has 1 aliphatic rings. The monoisotopic (exact) mass is 461 g/mol. The Morgan fingerprint density at radius 1 is 1.39 bits per heavy atom. The molecule has 0 aliphatic carbocycles. The minimum absolute atomic E-state index is 0.0536. The summed E-state index contributed by atoms with van der Waals surface area (Å²) in [5.74, 6) is -0.0309. The predicted molar refractivity (Wildman–Crippen MR) is 127 cm³/mol. The van der Waals surface area contributed by atoms with Gasteiger partial charge in [0.15, 0.2) is 0 Å². The van der Waals surface area contributed by atoms with Crippen LogP contribution in [0.4, 0.5) is 10.2 Å². The molecule has 3 atom stereocenters. The normalized spacial score (nSPS) is 17.2. The van der Waals surface area contributed by atoms with Crippen molar-refractivity contribution in [2.24, 2.45) is 11.7 Å². The summed E-state index contributed by atoms with van der Waals surface area (Å²) in [7, 11) is 3.07. The molecular formula is C24H36FN5O3. The van der Waals surface area contributed by atoms with Gasteiger partial charge in [-0.2, -0.15) is 0 Å². The smallest absolute Gasteiger partial charge is 0.243 e. The molecule has 33 heavy (non-hydrogen) atoms. The summed E-state index contributed by atoms with van der Waals surface area (Å²) in [6, 6.07) is 4.95. The molecule has 8 nitrogen and oxygen atoms in total. The summed E-state index contributed by atoms with van der Waals surface area (Å²) in [6.45, 7) is 4.09. The minimum Gasteiger partial charge on any atom is -0.399 e. The first-order valence-corrected chi connectivity index (χ1v) is 11.4. The lowest BCUT2D eigenvalue weighted by atomic mass is 10.00.